The Hall–Kier alpha value is -1.28. The zero-order valence-electron chi connectivity index (χ0n) is 10.8. The van der Waals surface area contributed by atoms with Crippen molar-refractivity contribution in [2.75, 3.05) is 12.3 Å². The number of halogens is 4. The maximum absolute atomic E-state index is 12.0. The Morgan fingerprint density at radius 2 is 2.10 bits per heavy atom. The minimum atomic E-state index is -4.20. The van der Waals surface area contributed by atoms with E-state index < -0.39 is 18.5 Å². The highest BCUT2D eigenvalue weighted by Gasteiger charge is 2.26. The van der Waals surface area contributed by atoms with Gasteiger partial charge < -0.3 is 11.1 Å². The number of benzene rings is 1. The van der Waals surface area contributed by atoms with Gasteiger partial charge in [-0.25, -0.2) is 0 Å². The predicted octanol–water partition coefficient (Wildman–Crippen LogP) is 4.32. The SMILES string of the molecule is Nc1c(C(=O)NCCCC(F)(F)F)sc2cccc(Br)c12. The molecule has 0 fully saturated rings. The van der Waals surface area contributed by atoms with Crippen molar-refractivity contribution in [2.45, 2.75) is 19.0 Å². The normalized spacial score (nSPS) is 11.8. The van der Waals surface area contributed by atoms with Gasteiger partial charge in [-0.05, 0) is 18.6 Å². The summed E-state index contributed by atoms with van der Waals surface area (Å²) in [7, 11) is 0. The molecule has 0 aliphatic heterocycles. The van der Waals surface area contributed by atoms with Crippen LogP contribution in [-0.4, -0.2) is 18.6 Å². The van der Waals surface area contributed by atoms with Gasteiger partial charge in [-0.15, -0.1) is 11.3 Å². The summed E-state index contributed by atoms with van der Waals surface area (Å²) in [5, 5.41) is 3.22. The van der Waals surface area contributed by atoms with Crippen molar-refractivity contribution < 1.29 is 18.0 Å². The molecule has 0 unspecified atom stereocenters. The Labute approximate surface area is 131 Å². The molecule has 2 rings (SSSR count). The van der Waals surface area contributed by atoms with Gasteiger partial charge in [0.25, 0.3) is 5.91 Å². The van der Waals surface area contributed by atoms with E-state index in [4.69, 9.17) is 5.73 Å². The van der Waals surface area contributed by atoms with Crippen LogP contribution in [0.4, 0.5) is 18.9 Å². The molecule has 0 radical (unpaired) electrons. The van der Waals surface area contributed by atoms with Gasteiger partial charge >= 0.3 is 6.18 Å². The summed E-state index contributed by atoms with van der Waals surface area (Å²) >= 11 is 4.59. The van der Waals surface area contributed by atoms with E-state index in [1.54, 1.807) is 0 Å². The second-order valence-electron chi connectivity index (χ2n) is 4.43. The van der Waals surface area contributed by atoms with Crippen LogP contribution in [0.5, 0.6) is 0 Å². The van der Waals surface area contributed by atoms with Crippen molar-refractivity contribution in [1.29, 1.82) is 0 Å². The second kappa shape index (κ2) is 6.23. The number of rotatable bonds is 4. The summed E-state index contributed by atoms with van der Waals surface area (Å²) in [4.78, 5) is 12.3. The van der Waals surface area contributed by atoms with Crippen LogP contribution in [0.2, 0.25) is 0 Å². The highest BCUT2D eigenvalue weighted by Crippen LogP contribution is 2.38. The Kier molecular flexibility index (Phi) is 4.77. The minimum absolute atomic E-state index is 0.0345. The fourth-order valence-electron chi connectivity index (χ4n) is 1.87. The molecule has 0 bridgehead atoms. The smallest absolute Gasteiger partial charge is 0.389 e. The van der Waals surface area contributed by atoms with E-state index in [1.165, 1.54) is 11.3 Å². The minimum Gasteiger partial charge on any atom is -0.397 e. The van der Waals surface area contributed by atoms with Crippen molar-refractivity contribution in [3.63, 3.8) is 0 Å². The van der Waals surface area contributed by atoms with Crippen molar-refractivity contribution in [2.24, 2.45) is 0 Å². The van der Waals surface area contributed by atoms with E-state index in [-0.39, 0.29) is 13.0 Å². The van der Waals surface area contributed by atoms with Crippen molar-refractivity contribution in [3.8, 4) is 0 Å². The summed E-state index contributed by atoms with van der Waals surface area (Å²) in [5.41, 5.74) is 6.30. The van der Waals surface area contributed by atoms with Crippen LogP contribution in [0.1, 0.15) is 22.5 Å². The lowest BCUT2D eigenvalue weighted by Gasteiger charge is -2.07. The lowest BCUT2D eigenvalue weighted by Crippen LogP contribution is -2.25. The van der Waals surface area contributed by atoms with Crippen LogP contribution in [0.15, 0.2) is 22.7 Å². The topological polar surface area (TPSA) is 55.1 Å². The fraction of sp³-hybridized carbons (Fsp3) is 0.308. The van der Waals surface area contributed by atoms with E-state index in [9.17, 15) is 18.0 Å². The van der Waals surface area contributed by atoms with Gasteiger partial charge in [0.15, 0.2) is 0 Å². The summed E-state index contributed by atoms with van der Waals surface area (Å²) in [6.45, 7) is -0.0345. The van der Waals surface area contributed by atoms with Crippen LogP contribution in [0.3, 0.4) is 0 Å². The molecule has 1 aromatic heterocycles. The first-order valence-corrected chi connectivity index (χ1v) is 7.72. The van der Waals surface area contributed by atoms with Gasteiger partial charge in [-0.3, -0.25) is 4.79 Å². The maximum Gasteiger partial charge on any atom is 0.389 e. The molecule has 1 aromatic carbocycles. The molecule has 0 saturated heterocycles. The third-order valence-electron chi connectivity index (χ3n) is 2.83. The number of anilines is 1. The molecule has 0 spiro atoms. The lowest BCUT2D eigenvalue weighted by molar-refractivity contribution is -0.135. The van der Waals surface area contributed by atoms with Crippen LogP contribution in [-0.2, 0) is 0 Å². The zero-order valence-corrected chi connectivity index (χ0v) is 13.2. The van der Waals surface area contributed by atoms with Gasteiger partial charge in [0.1, 0.15) is 4.88 Å². The van der Waals surface area contributed by atoms with Gasteiger partial charge in [-0.1, -0.05) is 22.0 Å². The molecule has 0 atom stereocenters. The van der Waals surface area contributed by atoms with E-state index in [0.29, 0.717) is 10.6 Å². The summed E-state index contributed by atoms with van der Waals surface area (Å²) in [6.07, 6.45) is -5.27. The highest BCUT2D eigenvalue weighted by molar-refractivity contribution is 9.10. The van der Waals surface area contributed by atoms with Gasteiger partial charge in [0.05, 0.1) is 5.69 Å². The van der Waals surface area contributed by atoms with E-state index >= 15 is 0 Å². The largest absolute Gasteiger partial charge is 0.397 e. The molecule has 1 heterocycles. The number of fused-ring (bicyclic) bond motifs is 1. The molecule has 1 amide bonds. The zero-order chi connectivity index (χ0) is 15.6. The number of hydrogen-bond donors (Lipinski definition) is 2. The average molecular weight is 381 g/mol. The molecule has 21 heavy (non-hydrogen) atoms. The summed E-state index contributed by atoms with van der Waals surface area (Å²) < 4.78 is 37.7. The van der Waals surface area contributed by atoms with E-state index in [2.05, 4.69) is 21.2 Å². The first-order valence-electron chi connectivity index (χ1n) is 6.11. The fourth-order valence-corrected chi connectivity index (χ4v) is 3.65. The molecule has 0 aliphatic rings. The molecule has 8 heteroatoms. The van der Waals surface area contributed by atoms with Crippen molar-refractivity contribution >= 4 is 48.9 Å². The third kappa shape index (κ3) is 3.88. The first-order chi connectivity index (χ1) is 9.79. The molecule has 2 aromatic rings. The van der Waals surface area contributed by atoms with Gasteiger partial charge in [0.2, 0.25) is 0 Å². The van der Waals surface area contributed by atoms with Crippen LogP contribution >= 0.6 is 27.3 Å². The first kappa shape index (κ1) is 16.1. The maximum atomic E-state index is 12.0. The van der Waals surface area contributed by atoms with Gasteiger partial charge in [-0.2, -0.15) is 13.2 Å². The molecule has 3 nitrogen and oxygen atoms in total. The second-order valence-corrected chi connectivity index (χ2v) is 6.34. The monoisotopic (exact) mass is 380 g/mol. The lowest BCUT2D eigenvalue weighted by atomic mass is 10.2. The predicted molar refractivity (Wildman–Crippen MR) is 81.6 cm³/mol. The number of thiophene rings is 1. The number of nitrogens with two attached hydrogens (primary N) is 1. The van der Waals surface area contributed by atoms with E-state index in [0.717, 1.165) is 14.6 Å². The standard InChI is InChI=1S/C13H12BrF3N2OS/c14-7-3-1-4-8-9(7)10(18)11(21-8)12(20)19-6-2-5-13(15,16)17/h1,3-4H,2,5-6,18H2,(H,19,20). The number of hydrogen-bond acceptors (Lipinski definition) is 3. The van der Waals surface area contributed by atoms with Crippen LogP contribution in [0, 0.1) is 0 Å². The highest BCUT2D eigenvalue weighted by atomic mass is 79.9. The Morgan fingerprint density at radius 3 is 2.71 bits per heavy atom. The average Bonchev–Trinajstić information content (AvgIpc) is 2.72. The number of alkyl halides is 3. The van der Waals surface area contributed by atoms with Crippen LogP contribution in [0.25, 0.3) is 10.1 Å². The molecule has 0 aliphatic carbocycles. The summed E-state index contributed by atoms with van der Waals surface area (Å²) in [6, 6.07) is 5.48. The van der Waals surface area contributed by atoms with Crippen molar-refractivity contribution in [3.05, 3.63) is 27.5 Å². The number of carbonyl (C=O) groups is 1. The van der Waals surface area contributed by atoms with E-state index in [1.807, 2.05) is 18.2 Å². The molecular formula is C13H12BrF3N2OS. The third-order valence-corrected chi connectivity index (χ3v) is 4.66. The van der Waals surface area contributed by atoms with Crippen molar-refractivity contribution in [1.82, 2.24) is 5.32 Å². The number of nitrogens with one attached hydrogen (secondary N) is 1. The quantitative estimate of drug-likeness (QED) is 0.776. The molecular weight excluding hydrogens is 369 g/mol. The number of nitrogen functional groups attached to an aromatic ring is 1. The Bertz CT molecular complexity index is 669. The van der Waals surface area contributed by atoms with Crippen LogP contribution < -0.4 is 11.1 Å². The summed E-state index contributed by atoms with van der Waals surface area (Å²) in [5.74, 6) is -0.442. The Balaban J connectivity index is 2.07. The number of carbonyl (C=O) groups excluding carboxylic acids is 1. The van der Waals surface area contributed by atoms with Gasteiger partial charge in [0, 0.05) is 27.5 Å². The number of amides is 1. The Morgan fingerprint density at radius 1 is 1.38 bits per heavy atom. The molecule has 114 valence electrons. The molecule has 3 N–H and O–H groups in total. The molecule has 0 saturated carbocycles.